The Morgan fingerprint density at radius 3 is 1.28 bits per heavy atom. The molecular formula is C24H42N2O10. The Hall–Kier alpha value is -2.28. The molecule has 12 nitrogen and oxygen atoms in total. The second kappa shape index (κ2) is 15.7. The number of aliphatic hydroxyl groups excluding tert-OH is 2. The van der Waals surface area contributed by atoms with E-state index in [1.807, 2.05) is 27.7 Å². The number of nitrogens with one attached hydrogen (secondary N) is 2. The van der Waals surface area contributed by atoms with Gasteiger partial charge in [0.25, 0.3) is 12.9 Å². The van der Waals surface area contributed by atoms with Gasteiger partial charge in [0.2, 0.25) is 11.8 Å². The third-order valence-corrected chi connectivity index (χ3v) is 7.22. The number of hydrogen-bond acceptors (Lipinski definition) is 10. The van der Waals surface area contributed by atoms with Crippen molar-refractivity contribution in [2.24, 2.45) is 23.7 Å². The molecule has 2 amide bonds. The molecule has 0 aliphatic carbocycles. The summed E-state index contributed by atoms with van der Waals surface area (Å²) in [6.07, 6.45) is -1.46. The summed E-state index contributed by atoms with van der Waals surface area (Å²) in [5.74, 6) is 0.168. The molecule has 2 aliphatic rings. The van der Waals surface area contributed by atoms with Crippen LogP contribution in [0.25, 0.3) is 0 Å². The van der Waals surface area contributed by atoms with E-state index in [1.165, 1.54) is 13.8 Å². The van der Waals surface area contributed by atoms with Crippen LogP contribution in [0.1, 0.15) is 41.5 Å². The highest BCUT2D eigenvalue weighted by atomic mass is 16.6. The highest BCUT2D eigenvalue weighted by Gasteiger charge is 2.43. The molecule has 208 valence electrons. The van der Waals surface area contributed by atoms with E-state index in [1.54, 1.807) is 0 Å². The van der Waals surface area contributed by atoms with Gasteiger partial charge in [-0.1, -0.05) is 27.7 Å². The van der Waals surface area contributed by atoms with Gasteiger partial charge in [-0.05, 0) is 23.7 Å². The average molecular weight is 519 g/mol. The summed E-state index contributed by atoms with van der Waals surface area (Å²) in [6.45, 7) is 11.5. The number of aliphatic hydroxyl groups is 2. The standard InChI is InChI=1S/2C12H21NO5/c2*1-7-8(2)12(13-9(3)16)11(5-17-6-15)18-10(7)4-14/h2*6-8,10-12,14H,4-5H2,1-3H3,(H,13,16)/t7-,8?,10-,11+,12?;7-,8+,10-,11+,12?/m11/s1. The SMILES string of the molecule is CC(=O)NC1C(C)[C@@H](C)[C@@H](CO)O[C@H]1COC=O.CC(=O)NC1[C@H](COC=O)O[C@H](CO)[C@H](C)[C@@H]1C. The number of carbonyl (C=O) groups is 4. The Bertz CT molecular complexity index is 650. The minimum atomic E-state index is -0.428. The first-order valence-corrected chi connectivity index (χ1v) is 12.2. The summed E-state index contributed by atoms with van der Waals surface area (Å²) in [7, 11) is 0. The molecule has 0 radical (unpaired) electrons. The van der Waals surface area contributed by atoms with E-state index in [9.17, 15) is 29.4 Å². The first kappa shape index (κ1) is 31.7. The summed E-state index contributed by atoms with van der Waals surface area (Å²) in [6, 6.07) is -0.444. The van der Waals surface area contributed by atoms with Crippen molar-refractivity contribution in [3.63, 3.8) is 0 Å². The molecule has 12 heteroatoms. The van der Waals surface area contributed by atoms with Crippen LogP contribution in [0.4, 0.5) is 0 Å². The highest BCUT2D eigenvalue weighted by Crippen LogP contribution is 2.31. The largest absolute Gasteiger partial charge is 0.465 e. The summed E-state index contributed by atoms with van der Waals surface area (Å²) in [5.41, 5.74) is 0. The lowest BCUT2D eigenvalue weighted by Crippen LogP contribution is -2.58. The minimum Gasteiger partial charge on any atom is -0.465 e. The van der Waals surface area contributed by atoms with Gasteiger partial charge in [-0.3, -0.25) is 19.2 Å². The van der Waals surface area contributed by atoms with Crippen molar-refractivity contribution >= 4 is 24.8 Å². The molecule has 0 aromatic heterocycles. The van der Waals surface area contributed by atoms with Crippen LogP contribution in [-0.4, -0.2) is 97.9 Å². The average Bonchev–Trinajstić information content (AvgIpc) is 2.84. The van der Waals surface area contributed by atoms with Gasteiger partial charge >= 0.3 is 0 Å². The zero-order chi connectivity index (χ0) is 27.4. The van der Waals surface area contributed by atoms with E-state index < -0.39 is 12.2 Å². The fraction of sp³-hybridized carbons (Fsp3) is 0.833. The van der Waals surface area contributed by atoms with E-state index in [4.69, 9.17) is 18.9 Å². The van der Waals surface area contributed by atoms with Crippen molar-refractivity contribution in [3.05, 3.63) is 0 Å². The van der Waals surface area contributed by atoms with Gasteiger partial charge in [0.1, 0.15) is 25.4 Å². The fourth-order valence-corrected chi connectivity index (χ4v) is 4.77. The quantitative estimate of drug-likeness (QED) is 0.274. The third kappa shape index (κ3) is 8.99. The molecule has 2 fully saturated rings. The summed E-state index contributed by atoms with van der Waals surface area (Å²) in [5, 5.41) is 24.2. The van der Waals surface area contributed by atoms with Crippen LogP contribution in [0, 0.1) is 23.7 Å². The number of hydrogen-bond donors (Lipinski definition) is 4. The van der Waals surface area contributed by atoms with Gasteiger partial charge in [-0.2, -0.15) is 0 Å². The predicted molar refractivity (Wildman–Crippen MR) is 127 cm³/mol. The molecule has 2 saturated heterocycles. The summed E-state index contributed by atoms with van der Waals surface area (Å²) in [4.78, 5) is 42.9. The van der Waals surface area contributed by atoms with Crippen molar-refractivity contribution < 1.29 is 48.3 Å². The Labute approximate surface area is 212 Å². The predicted octanol–water partition coefficient (Wildman–Crippen LogP) is -0.608. The van der Waals surface area contributed by atoms with Gasteiger partial charge < -0.3 is 39.8 Å². The van der Waals surface area contributed by atoms with E-state index in [-0.39, 0.29) is 86.2 Å². The second-order valence-corrected chi connectivity index (χ2v) is 9.54. The smallest absolute Gasteiger partial charge is 0.293 e. The van der Waals surface area contributed by atoms with Crippen LogP contribution in [0.2, 0.25) is 0 Å². The molecule has 0 aromatic carbocycles. The van der Waals surface area contributed by atoms with Crippen LogP contribution in [0.15, 0.2) is 0 Å². The van der Waals surface area contributed by atoms with Crippen LogP contribution < -0.4 is 10.6 Å². The Morgan fingerprint density at radius 2 is 1.03 bits per heavy atom. The van der Waals surface area contributed by atoms with Crippen molar-refractivity contribution in [1.82, 2.24) is 10.6 Å². The first-order chi connectivity index (χ1) is 17.0. The molecule has 36 heavy (non-hydrogen) atoms. The molecule has 0 bridgehead atoms. The lowest BCUT2D eigenvalue weighted by molar-refractivity contribution is -0.164. The molecule has 0 aromatic rings. The number of amides is 2. The van der Waals surface area contributed by atoms with Crippen LogP contribution in [-0.2, 0) is 38.1 Å². The highest BCUT2D eigenvalue weighted by molar-refractivity contribution is 5.73. The van der Waals surface area contributed by atoms with E-state index in [2.05, 4.69) is 10.6 Å². The maximum Gasteiger partial charge on any atom is 0.293 e. The van der Waals surface area contributed by atoms with Crippen molar-refractivity contribution in [2.75, 3.05) is 26.4 Å². The summed E-state index contributed by atoms with van der Waals surface area (Å²) >= 11 is 0. The number of carbonyl (C=O) groups excluding carboxylic acids is 4. The molecule has 2 aliphatic heterocycles. The van der Waals surface area contributed by atoms with E-state index in [0.29, 0.717) is 12.9 Å². The lowest BCUT2D eigenvalue weighted by Gasteiger charge is -2.44. The van der Waals surface area contributed by atoms with Gasteiger partial charge in [0.05, 0.1) is 37.5 Å². The topological polar surface area (TPSA) is 170 Å². The van der Waals surface area contributed by atoms with Gasteiger partial charge in [-0.25, -0.2) is 0 Å². The number of rotatable bonds is 10. The molecule has 3 unspecified atom stereocenters. The second-order valence-electron chi connectivity index (χ2n) is 9.54. The molecule has 0 saturated carbocycles. The van der Waals surface area contributed by atoms with Gasteiger partial charge in [-0.15, -0.1) is 0 Å². The van der Waals surface area contributed by atoms with Crippen LogP contribution in [0.5, 0.6) is 0 Å². The molecule has 4 N–H and O–H groups in total. The van der Waals surface area contributed by atoms with Crippen LogP contribution >= 0.6 is 0 Å². The van der Waals surface area contributed by atoms with Gasteiger partial charge in [0, 0.05) is 13.8 Å². The zero-order valence-corrected chi connectivity index (χ0v) is 21.9. The lowest BCUT2D eigenvalue weighted by atomic mass is 9.80. The van der Waals surface area contributed by atoms with Crippen molar-refractivity contribution in [2.45, 2.75) is 78.0 Å². The normalized spacial score (nSPS) is 35.9. The Morgan fingerprint density at radius 1 is 0.694 bits per heavy atom. The Kier molecular flexibility index (Phi) is 13.9. The molecule has 2 rings (SSSR count). The van der Waals surface area contributed by atoms with Crippen molar-refractivity contribution in [1.29, 1.82) is 0 Å². The first-order valence-electron chi connectivity index (χ1n) is 12.2. The number of ether oxygens (including phenoxy) is 4. The molecule has 2 heterocycles. The monoisotopic (exact) mass is 518 g/mol. The molecule has 10 atom stereocenters. The molecular weight excluding hydrogens is 476 g/mol. The summed E-state index contributed by atoms with van der Waals surface area (Å²) < 4.78 is 20.8. The maximum absolute atomic E-state index is 11.2. The minimum absolute atomic E-state index is 0.0714. The Balaban J connectivity index is 0.000000360. The molecule has 0 spiro atoms. The zero-order valence-electron chi connectivity index (χ0n) is 21.9. The van der Waals surface area contributed by atoms with Crippen molar-refractivity contribution in [3.8, 4) is 0 Å². The van der Waals surface area contributed by atoms with Gasteiger partial charge in [0.15, 0.2) is 0 Å². The van der Waals surface area contributed by atoms with E-state index in [0.717, 1.165) is 0 Å². The third-order valence-electron chi connectivity index (χ3n) is 7.22. The van der Waals surface area contributed by atoms with Crippen LogP contribution in [0.3, 0.4) is 0 Å². The van der Waals surface area contributed by atoms with E-state index >= 15 is 0 Å². The fourth-order valence-electron chi connectivity index (χ4n) is 4.77. The maximum atomic E-state index is 11.2.